The smallest absolute Gasteiger partial charge is 0.262 e. The van der Waals surface area contributed by atoms with E-state index in [1.807, 2.05) is 6.92 Å². The summed E-state index contributed by atoms with van der Waals surface area (Å²) in [7, 11) is -1.91. The summed E-state index contributed by atoms with van der Waals surface area (Å²) in [5, 5.41) is 7.18. The molecule has 8 heteroatoms. The highest BCUT2D eigenvalue weighted by Gasteiger charge is 2.17. The lowest BCUT2D eigenvalue weighted by Crippen LogP contribution is -2.14. The Morgan fingerprint density at radius 2 is 2.14 bits per heavy atom. The van der Waals surface area contributed by atoms with E-state index in [1.54, 1.807) is 24.9 Å². The molecule has 0 unspecified atom stereocenters. The highest BCUT2D eigenvalue weighted by Crippen LogP contribution is 2.19. The van der Waals surface area contributed by atoms with Crippen LogP contribution in [0.2, 0.25) is 0 Å². The third-order valence-corrected chi connectivity index (χ3v) is 4.22. The zero-order valence-electron chi connectivity index (χ0n) is 12.3. The molecule has 2 N–H and O–H groups in total. The van der Waals surface area contributed by atoms with Crippen molar-refractivity contribution in [2.45, 2.75) is 25.2 Å². The van der Waals surface area contributed by atoms with Gasteiger partial charge in [-0.3, -0.25) is 9.40 Å². The number of nitrogens with one attached hydrogen (secondary N) is 2. The molecule has 2 rings (SSSR count). The first-order valence-corrected chi connectivity index (χ1v) is 8.13. The Morgan fingerprint density at radius 1 is 1.38 bits per heavy atom. The Labute approximate surface area is 124 Å². The number of hydrogen-bond acceptors (Lipinski definition) is 5. The van der Waals surface area contributed by atoms with Crippen molar-refractivity contribution in [1.82, 2.24) is 14.8 Å². The van der Waals surface area contributed by atoms with Gasteiger partial charge < -0.3 is 5.32 Å². The standard InChI is InChI=1S/C13H19N5O2S/c1-4-6-14-13-8-11(5-7-15-13)21(19,20)17-12-9-18(3)16-10(12)2/h5,7-9,17H,4,6H2,1-3H3,(H,14,15). The first kappa shape index (κ1) is 15.3. The van der Waals surface area contributed by atoms with Crippen LogP contribution in [-0.4, -0.2) is 29.7 Å². The summed E-state index contributed by atoms with van der Waals surface area (Å²) in [5.41, 5.74) is 1.09. The second-order valence-corrected chi connectivity index (χ2v) is 6.39. The van der Waals surface area contributed by atoms with E-state index in [0.717, 1.165) is 13.0 Å². The third kappa shape index (κ3) is 3.72. The van der Waals surface area contributed by atoms with E-state index >= 15 is 0 Å². The average Bonchev–Trinajstić information content (AvgIpc) is 2.74. The van der Waals surface area contributed by atoms with Crippen LogP contribution in [0.15, 0.2) is 29.4 Å². The minimum atomic E-state index is -3.65. The summed E-state index contributed by atoms with van der Waals surface area (Å²) in [6.07, 6.45) is 4.04. The predicted molar refractivity (Wildman–Crippen MR) is 81.8 cm³/mol. The van der Waals surface area contributed by atoms with Crippen molar-refractivity contribution in [2.75, 3.05) is 16.6 Å². The Morgan fingerprint density at radius 3 is 2.76 bits per heavy atom. The van der Waals surface area contributed by atoms with E-state index in [2.05, 4.69) is 20.1 Å². The molecule has 0 spiro atoms. The minimum Gasteiger partial charge on any atom is -0.370 e. The van der Waals surface area contributed by atoms with Crippen LogP contribution in [0.25, 0.3) is 0 Å². The molecule has 2 aromatic heterocycles. The first-order valence-electron chi connectivity index (χ1n) is 6.65. The van der Waals surface area contributed by atoms with Crippen molar-refractivity contribution >= 4 is 21.5 Å². The van der Waals surface area contributed by atoms with E-state index in [9.17, 15) is 8.42 Å². The van der Waals surface area contributed by atoms with E-state index in [1.165, 1.54) is 18.3 Å². The van der Waals surface area contributed by atoms with Gasteiger partial charge in [0, 0.05) is 32.1 Å². The first-order chi connectivity index (χ1) is 9.92. The van der Waals surface area contributed by atoms with Crippen molar-refractivity contribution in [3.63, 3.8) is 0 Å². The summed E-state index contributed by atoms with van der Waals surface area (Å²) >= 11 is 0. The van der Waals surface area contributed by atoms with Gasteiger partial charge in [0.1, 0.15) is 5.82 Å². The molecule has 2 aromatic rings. The van der Waals surface area contributed by atoms with E-state index < -0.39 is 10.0 Å². The summed E-state index contributed by atoms with van der Waals surface area (Å²) in [5.74, 6) is 0.544. The number of aryl methyl sites for hydroxylation is 2. The van der Waals surface area contributed by atoms with E-state index in [0.29, 0.717) is 17.2 Å². The van der Waals surface area contributed by atoms with Gasteiger partial charge in [0.15, 0.2) is 0 Å². The van der Waals surface area contributed by atoms with Crippen LogP contribution in [0, 0.1) is 6.92 Å². The van der Waals surface area contributed by atoms with Gasteiger partial charge in [0.2, 0.25) is 0 Å². The third-order valence-electron chi connectivity index (χ3n) is 2.86. The van der Waals surface area contributed by atoms with Gasteiger partial charge in [-0.05, 0) is 19.4 Å². The molecule has 0 fully saturated rings. The number of nitrogens with zero attached hydrogens (tertiary/aromatic N) is 3. The molecule has 0 amide bonds. The summed E-state index contributed by atoms with van der Waals surface area (Å²) in [6.45, 7) is 4.52. The molecule has 114 valence electrons. The predicted octanol–water partition coefficient (Wildman–Crippen LogP) is 1.75. The molecule has 0 saturated heterocycles. The molecule has 0 atom stereocenters. The van der Waals surface area contributed by atoms with Gasteiger partial charge in [-0.1, -0.05) is 6.92 Å². The highest BCUT2D eigenvalue weighted by molar-refractivity contribution is 7.92. The topological polar surface area (TPSA) is 88.9 Å². The Kier molecular flexibility index (Phi) is 4.46. The molecule has 2 heterocycles. The summed E-state index contributed by atoms with van der Waals surface area (Å²) in [4.78, 5) is 4.27. The van der Waals surface area contributed by atoms with Gasteiger partial charge in [-0.15, -0.1) is 0 Å². The van der Waals surface area contributed by atoms with Crippen molar-refractivity contribution < 1.29 is 8.42 Å². The maximum atomic E-state index is 12.4. The molecule has 0 aliphatic rings. The summed E-state index contributed by atoms with van der Waals surface area (Å²) < 4.78 is 28.9. The van der Waals surface area contributed by atoms with Gasteiger partial charge >= 0.3 is 0 Å². The largest absolute Gasteiger partial charge is 0.370 e. The van der Waals surface area contributed by atoms with Gasteiger partial charge in [-0.2, -0.15) is 5.10 Å². The fourth-order valence-electron chi connectivity index (χ4n) is 1.83. The van der Waals surface area contributed by atoms with Crippen LogP contribution in [0.3, 0.4) is 0 Å². The van der Waals surface area contributed by atoms with Gasteiger partial charge in [-0.25, -0.2) is 13.4 Å². The van der Waals surface area contributed by atoms with Crippen molar-refractivity contribution in [2.24, 2.45) is 7.05 Å². The number of rotatable bonds is 6. The van der Waals surface area contributed by atoms with Crippen LogP contribution < -0.4 is 10.0 Å². The Bertz CT molecular complexity index is 724. The van der Waals surface area contributed by atoms with E-state index in [-0.39, 0.29) is 4.90 Å². The number of hydrogen-bond donors (Lipinski definition) is 2. The molecular formula is C13H19N5O2S. The molecule has 0 aromatic carbocycles. The van der Waals surface area contributed by atoms with Gasteiger partial charge in [0.05, 0.1) is 16.3 Å². The lowest BCUT2D eigenvalue weighted by atomic mass is 10.4. The second-order valence-electron chi connectivity index (χ2n) is 4.71. The summed E-state index contributed by atoms with van der Waals surface area (Å²) in [6, 6.07) is 2.98. The normalized spacial score (nSPS) is 11.4. The van der Waals surface area contributed by atoms with Crippen LogP contribution in [-0.2, 0) is 17.1 Å². The van der Waals surface area contributed by atoms with Crippen molar-refractivity contribution in [3.05, 3.63) is 30.2 Å². The van der Waals surface area contributed by atoms with Crippen molar-refractivity contribution in [3.8, 4) is 0 Å². The molecule has 0 aliphatic carbocycles. The lowest BCUT2D eigenvalue weighted by molar-refractivity contribution is 0.601. The monoisotopic (exact) mass is 309 g/mol. The number of aromatic nitrogens is 3. The molecule has 0 saturated carbocycles. The zero-order chi connectivity index (χ0) is 15.5. The number of pyridine rings is 1. The molecule has 0 radical (unpaired) electrons. The fraction of sp³-hybridized carbons (Fsp3) is 0.385. The fourth-order valence-corrected chi connectivity index (χ4v) is 2.95. The minimum absolute atomic E-state index is 0.166. The second kappa shape index (κ2) is 6.13. The number of sulfonamides is 1. The maximum absolute atomic E-state index is 12.4. The van der Waals surface area contributed by atoms with Crippen LogP contribution >= 0.6 is 0 Å². The SMILES string of the molecule is CCCNc1cc(S(=O)(=O)Nc2cn(C)nc2C)ccn1. The molecule has 21 heavy (non-hydrogen) atoms. The van der Waals surface area contributed by atoms with E-state index in [4.69, 9.17) is 0 Å². The zero-order valence-corrected chi connectivity index (χ0v) is 13.1. The molecular weight excluding hydrogens is 290 g/mol. The molecule has 0 bridgehead atoms. The average molecular weight is 309 g/mol. The quantitative estimate of drug-likeness (QED) is 0.848. The Balaban J connectivity index is 2.25. The maximum Gasteiger partial charge on any atom is 0.262 e. The van der Waals surface area contributed by atoms with Gasteiger partial charge in [0.25, 0.3) is 10.0 Å². The highest BCUT2D eigenvalue weighted by atomic mass is 32.2. The molecule has 0 aliphatic heterocycles. The lowest BCUT2D eigenvalue weighted by Gasteiger charge is -2.09. The van der Waals surface area contributed by atoms with Crippen LogP contribution in [0.4, 0.5) is 11.5 Å². The van der Waals surface area contributed by atoms with Crippen molar-refractivity contribution in [1.29, 1.82) is 0 Å². The van der Waals surface area contributed by atoms with Crippen LogP contribution in [0.1, 0.15) is 19.0 Å². The van der Waals surface area contributed by atoms with Crippen LogP contribution in [0.5, 0.6) is 0 Å². The molecule has 7 nitrogen and oxygen atoms in total. The number of anilines is 2. The Hall–Kier alpha value is -2.09.